The molecular formula is C13H21N3. The lowest BCUT2D eigenvalue weighted by Gasteiger charge is -2.33. The summed E-state index contributed by atoms with van der Waals surface area (Å²) in [7, 11) is 1.93. The Kier molecular flexibility index (Phi) is 3.65. The van der Waals surface area contributed by atoms with Gasteiger partial charge in [0.2, 0.25) is 0 Å². The summed E-state index contributed by atoms with van der Waals surface area (Å²) in [6, 6.07) is 2.18. The summed E-state index contributed by atoms with van der Waals surface area (Å²) in [5.74, 6) is 0.901. The third-order valence-electron chi connectivity index (χ3n) is 3.46. The molecule has 1 N–H and O–H groups in total. The van der Waals surface area contributed by atoms with E-state index >= 15 is 0 Å². The van der Waals surface area contributed by atoms with Crippen LogP contribution in [0.3, 0.4) is 0 Å². The highest BCUT2D eigenvalue weighted by atomic mass is 15.1. The lowest BCUT2D eigenvalue weighted by Crippen LogP contribution is -2.32. The van der Waals surface area contributed by atoms with Crippen LogP contribution in [-0.4, -0.2) is 25.1 Å². The Labute approximate surface area is 97.9 Å². The molecule has 0 aromatic carbocycles. The van der Waals surface area contributed by atoms with E-state index in [9.17, 15) is 0 Å². The van der Waals surface area contributed by atoms with Crippen LogP contribution in [0, 0.1) is 5.92 Å². The minimum atomic E-state index is 0.901. The molecule has 0 saturated heterocycles. The summed E-state index contributed by atoms with van der Waals surface area (Å²) in [5, 5.41) is 3.14. The molecule has 3 nitrogen and oxygen atoms in total. The lowest BCUT2D eigenvalue weighted by atomic mass is 9.85. The van der Waals surface area contributed by atoms with Gasteiger partial charge in [-0.05, 0) is 31.7 Å². The lowest BCUT2D eigenvalue weighted by molar-refractivity contribution is 0.318. The van der Waals surface area contributed by atoms with E-state index in [2.05, 4.69) is 28.2 Å². The van der Waals surface area contributed by atoms with Crippen LogP contribution in [0.5, 0.6) is 0 Å². The van der Waals surface area contributed by atoms with Gasteiger partial charge in [-0.25, -0.2) is 0 Å². The maximum absolute atomic E-state index is 4.27. The SMILES string of the molecule is CCN(CC1CCC1)c1cncc(NC)c1. The normalized spacial score (nSPS) is 15.6. The third-order valence-corrected chi connectivity index (χ3v) is 3.46. The maximum atomic E-state index is 4.27. The predicted octanol–water partition coefficient (Wildman–Crippen LogP) is 2.75. The highest BCUT2D eigenvalue weighted by Crippen LogP contribution is 2.29. The van der Waals surface area contributed by atoms with Crippen molar-refractivity contribution >= 4 is 11.4 Å². The molecule has 16 heavy (non-hydrogen) atoms. The molecule has 88 valence electrons. The molecule has 0 spiro atoms. The van der Waals surface area contributed by atoms with E-state index in [0.29, 0.717) is 0 Å². The minimum Gasteiger partial charge on any atom is -0.387 e. The Morgan fingerprint density at radius 1 is 1.44 bits per heavy atom. The van der Waals surface area contributed by atoms with E-state index in [1.54, 1.807) is 0 Å². The van der Waals surface area contributed by atoms with Crippen LogP contribution in [-0.2, 0) is 0 Å². The molecule has 0 unspecified atom stereocenters. The Morgan fingerprint density at radius 2 is 2.25 bits per heavy atom. The fourth-order valence-electron chi connectivity index (χ4n) is 2.14. The average Bonchev–Trinajstić information content (AvgIpc) is 2.28. The zero-order valence-corrected chi connectivity index (χ0v) is 10.2. The van der Waals surface area contributed by atoms with Crippen molar-refractivity contribution in [3.63, 3.8) is 0 Å². The topological polar surface area (TPSA) is 28.2 Å². The summed E-state index contributed by atoms with van der Waals surface area (Å²) in [5.41, 5.74) is 2.32. The first-order valence-corrected chi connectivity index (χ1v) is 6.21. The average molecular weight is 219 g/mol. The Morgan fingerprint density at radius 3 is 2.81 bits per heavy atom. The summed E-state index contributed by atoms with van der Waals surface area (Å²) in [6.45, 7) is 4.46. The highest BCUT2D eigenvalue weighted by molar-refractivity contribution is 5.55. The zero-order valence-electron chi connectivity index (χ0n) is 10.2. The van der Waals surface area contributed by atoms with Gasteiger partial charge in [-0.2, -0.15) is 0 Å². The fraction of sp³-hybridized carbons (Fsp3) is 0.615. The number of pyridine rings is 1. The second kappa shape index (κ2) is 5.19. The van der Waals surface area contributed by atoms with Gasteiger partial charge in [-0.15, -0.1) is 0 Å². The molecule has 1 aliphatic carbocycles. The van der Waals surface area contributed by atoms with Crippen molar-refractivity contribution in [1.82, 2.24) is 4.98 Å². The Bertz CT molecular complexity index is 334. The quantitative estimate of drug-likeness (QED) is 0.825. The second-order valence-electron chi connectivity index (χ2n) is 4.52. The number of nitrogens with one attached hydrogen (secondary N) is 1. The molecule has 0 bridgehead atoms. The zero-order chi connectivity index (χ0) is 11.4. The molecule has 1 fully saturated rings. The molecule has 2 rings (SSSR count). The summed E-state index contributed by atoms with van der Waals surface area (Å²) in [6.07, 6.45) is 8.03. The molecule has 1 aliphatic rings. The van der Waals surface area contributed by atoms with Crippen molar-refractivity contribution in [3.05, 3.63) is 18.5 Å². The van der Waals surface area contributed by atoms with Crippen LogP contribution in [0.1, 0.15) is 26.2 Å². The molecule has 0 radical (unpaired) electrons. The van der Waals surface area contributed by atoms with Crippen LogP contribution in [0.25, 0.3) is 0 Å². The molecule has 3 heteroatoms. The standard InChI is InChI=1S/C13H21N3/c1-3-16(10-11-5-4-6-11)13-7-12(14-2)8-15-9-13/h7-9,11,14H,3-6,10H2,1-2H3. The van der Waals surface area contributed by atoms with Crippen LogP contribution < -0.4 is 10.2 Å². The molecular weight excluding hydrogens is 198 g/mol. The summed E-state index contributed by atoms with van der Waals surface area (Å²) >= 11 is 0. The molecule has 0 atom stereocenters. The fourth-order valence-corrected chi connectivity index (χ4v) is 2.14. The van der Waals surface area contributed by atoms with Gasteiger partial charge < -0.3 is 10.2 Å². The van der Waals surface area contributed by atoms with E-state index in [4.69, 9.17) is 0 Å². The van der Waals surface area contributed by atoms with Gasteiger partial charge in [-0.3, -0.25) is 4.98 Å². The van der Waals surface area contributed by atoms with Crippen molar-refractivity contribution in [2.45, 2.75) is 26.2 Å². The molecule has 1 saturated carbocycles. The van der Waals surface area contributed by atoms with E-state index in [1.165, 1.54) is 31.5 Å². The van der Waals surface area contributed by atoms with Gasteiger partial charge in [-0.1, -0.05) is 6.42 Å². The van der Waals surface area contributed by atoms with Crippen LogP contribution in [0.4, 0.5) is 11.4 Å². The Hall–Kier alpha value is -1.25. The first-order chi connectivity index (χ1) is 7.83. The summed E-state index contributed by atoms with van der Waals surface area (Å²) < 4.78 is 0. The number of anilines is 2. The van der Waals surface area contributed by atoms with E-state index in [-0.39, 0.29) is 0 Å². The second-order valence-corrected chi connectivity index (χ2v) is 4.52. The number of nitrogens with zero attached hydrogens (tertiary/aromatic N) is 2. The van der Waals surface area contributed by atoms with Gasteiger partial charge in [0.05, 0.1) is 23.8 Å². The maximum Gasteiger partial charge on any atom is 0.0573 e. The molecule has 1 aromatic heterocycles. The van der Waals surface area contributed by atoms with E-state index < -0.39 is 0 Å². The van der Waals surface area contributed by atoms with Gasteiger partial charge in [0, 0.05) is 20.1 Å². The predicted molar refractivity (Wildman–Crippen MR) is 69.0 cm³/mol. The molecule has 0 aliphatic heterocycles. The van der Waals surface area contributed by atoms with Gasteiger partial charge >= 0.3 is 0 Å². The number of rotatable bonds is 5. The Balaban J connectivity index is 2.05. The van der Waals surface area contributed by atoms with E-state index in [1.807, 2.05) is 19.4 Å². The minimum absolute atomic E-state index is 0.901. The van der Waals surface area contributed by atoms with E-state index in [0.717, 1.165) is 18.2 Å². The van der Waals surface area contributed by atoms with Crippen molar-refractivity contribution < 1.29 is 0 Å². The van der Waals surface area contributed by atoms with Crippen molar-refractivity contribution in [2.24, 2.45) is 5.92 Å². The first kappa shape index (κ1) is 11.2. The molecule has 1 heterocycles. The van der Waals surface area contributed by atoms with Crippen molar-refractivity contribution in [3.8, 4) is 0 Å². The monoisotopic (exact) mass is 219 g/mol. The van der Waals surface area contributed by atoms with Crippen LogP contribution >= 0.6 is 0 Å². The van der Waals surface area contributed by atoms with Gasteiger partial charge in [0.25, 0.3) is 0 Å². The van der Waals surface area contributed by atoms with Gasteiger partial charge in [0.1, 0.15) is 0 Å². The third kappa shape index (κ3) is 2.46. The molecule has 0 amide bonds. The van der Waals surface area contributed by atoms with Crippen molar-refractivity contribution in [1.29, 1.82) is 0 Å². The smallest absolute Gasteiger partial charge is 0.0573 e. The number of hydrogen-bond acceptors (Lipinski definition) is 3. The van der Waals surface area contributed by atoms with Gasteiger partial charge in [0.15, 0.2) is 0 Å². The summed E-state index contributed by atoms with van der Waals surface area (Å²) in [4.78, 5) is 6.70. The molecule has 1 aromatic rings. The van der Waals surface area contributed by atoms with Crippen molar-refractivity contribution in [2.75, 3.05) is 30.4 Å². The largest absolute Gasteiger partial charge is 0.387 e. The number of hydrogen-bond donors (Lipinski definition) is 1. The van der Waals surface area contributed by atoms with Crippen LogP contribution in [0.2, 0.25) is 0 Å². The number of aromatic nitrogens is 1. The highest BCUT2D eigenvalue weighted by Gasteiger charge is 2.20. The first-order valence-electron chi connectivity index (χ1n) is 6.21. The van der Waals surface area contributed by atoms with Crippen LogP contribution in [0.15, 0.2) is 18.5 Å².